The van der Waals surface area contributed by atoms with Crippen molar-refractivity contribution in [2.24, 2.45) is 11.5 Å². The van der Waals surface area contributed by atoms with Gasteiger partial charge in [0.05, 0.1) is 10.2 Å². The van der Waals surface area contributed by atoms with Crippen LogP contribution in [-0.2, 0) is 32.0 Å². The van der Waals surface area contributed by atoms with E-state index in [1.54, 1.807) is 0 Å². The zero-order chi connectivity index (χ0) is 13.1. The van der Waals surface area contributed by atoms with Crippen LogP contribution >= 0.6 is 0 Å². The van der Waals surface area contributed by atoms with E-state index < -0.39 is 10.2 Å². The predicted octanol–water partition coefficient (Wildman–Crippen LogP) is -2.11. The molecule has 0 aromatic heterocycles. The maximum atomic E-state index is 8.25. The summed E-state index contributed by atoms with van der Waals surface area (Å²) in [6, 6.07) is 0.562. The smallest absolute Gasteiger partial charge is 0.0689 e. The van der Waals surface area contributed by atoms with Crippen LogP contribution < -0.4 is 11.5 Å². The molecule has 0 saturated heterocycles. The molecular weight excluding hydrogens is 451 g/mol. The second-order valence-electron chi connectivity index (χ2n) is 3.06. The van der Waals surface area contributed by atoms with Crippen molar-refractivity contribution in [2.75, 3.05) is 0 Å². The van der Waals surface area contributed by atoms with Crippen molar-refractivity contribution in [3.8, 4) is 0 Å². The van der Waals surface area contributed by atoms with Crippen molar-refractivity contribution in [2.45, 2.75) is 37.8 Å². The third kappa shape index (κ3) is 38.3. The standard InChI is InChI=1S/C6H14N2.2NO3.2H2O.Pt/c7-5-3-1-2-4-6(5)8;2*2-1(3)4;;;/h5-6H,1-4,7-8H2;;;2*1H2;/q;2*-1;;;/p+2. The Kier molecular flexibility index (Phi) is 31.2. The summed E-state index contributed by atoms with van der Waals surface area (Å²) in [4.78, 5) is 16.5. The van der Waals surface area contributed by atoms with E-state index in [-0.39, 0.29) is 44.1 Å². The third-order valence-electron chi connectivity index (χ3n) is 1.87. The van der Waals surface area contributed by atoms with Gasteiger partial charge < -0.3 is 53.1 Å². The Balaban J connectivity index is -0.0000000526. The fraction of sp³-hybridized carbons (Fsp3) is 1.00. The van der Waals surface area contributed by atoms with Crippen LogP contribution in [0.2, 0.25) is 0 Å². The fourth-order valence-electron chi connectivity index (χ4n) is 1.19. The second kappa shape index (κ2) is 19.3. The Labute approximate surface area is 122 Å². The van der Waals surface area contributed by atoms with Gasteiger partial charge in [-0.3, -0.25) is 0 Å². The van der Waals surface area contributed by atoms with E-state index in [0.29, 0.717) is 0 Å². The molecule has 0 radical (unpaired) electrons. The third-order valence-corrected chi connectivity index (χ3v) is 1.87. The van der Waals surface area contributed by atoms with Crippen LogP contribution in [0.15, 0.2) is 0 Å². The van der Waals surface area contributed by atoms with Crippen molar-refractivity contribution < 1.29 is 42.2 Å². The van der Waals surface area contributed by atoms with Gasteiger partial charge in [-0.2, -0.15) is 0 Å². The largest absolute Gasteiger partial charge is 0.457 e. The molecule has 1 aliphatic rings. The molecule has 13 heteroatoms. The molecule has 2 atom stereocenters. The molecule has 10 N–H and O–H groups in total. The van der Waals surface area contributed by atoms with Gasteiger partial charge in [0.2, 0.25) is 0 Å². The summed E-state index contributed by atoms with van der Waals surface area (Å²) >= 11 is 0. The summed E-state index contributed by atoms with van der Waals surface area (Å²) < 4.78 is 0. The van der Waals surface area contributed by atoms with Crippen LogP contribution in [0.4, 0.5) is 0 Å². The summed E-state index contributed by atoms with van der Waals surface area (Å²) in [7, 11) is 0. The van der Waals surface area contributed by atoms with E-state index in [1.165, 1.54) is 12.8 Å². The molecule has 0 aromatic carbocycles. The van der Waals surface area contributed by atoms with Crippen LogP contribution in [-0.4, -0.2) is 22.3 Å². The van der Waals surface area contributed by atoms with Crippen LogP contribution in [0.3, 0.4) is 0 Å². The minimum atomic E-state index is -1.75. The number of hydrogen-bond acceptors (Lipinski definition) is 8. The summed E-state index contributed by atoms with van der Waals surface area (Å²) in [5.41, 5.74) is 11.3. The van der Waals surface area contributed by atoms with Crippen molar-refractivity contribution in [1.29, 1.82) is 0 Å². The van der Waals surface area contributed by atoms with Gasteiger partial charge in [0.1, 0.15) is 0 Å². The van der Waals surface area contributed by atoms with E-state index in [2.05, 4.69) is 0 Å². The number of nitrogens with zero attached hydrogens (tertiary/aromatic N) is 2. The first-order valence-corrected chi connectivity index (χ1v) is 4.41. The molecule has 1 fully saturated rings. The van der Waals surface area contributed by atoms with E-state index in [9.17, 15) is 0 Å². The summed E-state index contributed by atoms with van der Waals surface area (Å²) in [5, 5.41) is 29.5. The van der Waals surface area contributed by atoms with Crippen molar-refractivity contribution >= 4 is 0 Å². The molecule has 0 aliphatic heterocycles. The molecule has 0 bridgehead atoms. The van der Waals surface area contributed by atoms with Crippen LogP contribution in [0.1, 0.15) is 25.7 Å². The Hall–Kier alpha value is -1.07. The van der Waals surface area contributed by atoms with Gasteiger partial charge in [0.15, 0.2) is 0 Å². The molecule has 0 heterocycles. The summed E-state index contributed by atoms with van der Waals surface area (Å²) in [6.07, 6.45) is 4.80. The monoisotopic (exact) mass is 471 g/mol. The van der Waals surface area contributed by atoms with Gasteiger partial charge in [-0.1, -0.05) is 12.8 Å². The van der Waals surface area contributed by atoms with E-state index in [4.69, 9.17) is 42.1 Å². The Morgan fingerprint density at radius 1 is 0.789 bits per heavy atom. The second-order valence-corrected chi connectivity index (χ2v) is 3.06. The Morgan fingerprint density at radius 3 is 1.05 bits per heavy atom. The number of nitrogens with two attached hydrogens (primary N) is 2. The van der Waals surface area contributed by atoms with Gasteiger partial charge in [0, 0.05) is 33.1 Å². The maximum absolute atomic E-state index is 8.25. The predicted molar refractivity (Wildman–Crippen MR) is 64.9 cm³/mol. The molecule has 12 nitrogen and oxygen atoms in total. The molecule has 2 unspecified atom stereocenters. The number of rotatable bonds is 0. The van der Waals surface area contributed by atoms with Gasteiger partial charge in [-0.25, -0.2) is 0 Å². The molecule has 1 rings (SSSR count). The molecule has 0 aromatic rings. The summed E-state index contributed by atoms with van der Waals surface area (Å²) in [5.74, 6) is 0. The topological polar surface area (TPSA) is 250 Å². The Bertz CT molecular complexity index is 191. The zero-order valence-electron chi connectivity index (χ0n) is 9.95. The zero-order valence-corrected chi connectivity index (χ0v) is 12.2. The molecule has 0 amide bonds. The average Bonchev–Trinajstić information content (AvgIpc) is 2.08. The normalized spacial score (nSPS) is 19.3. The first kappa shape index (κ1) is 30.7. The van der Waals surface area contributed by atoms with E-state index >= 15 is 0 Å². The van der Waals surface area contributed by atoms with Crippen molar-refractivity contribution in [3.63, 3.8) is 0 Å². The Morgan fingerprint density at radius 2 is 0.947 bits per heavy atom. The average molecular weight is 471 g/mol. The van der Waals surface area contributed by atoms with E-state index in [0.717, 1.165) is 12.8 Å². The molecular formula is C6H20N4O8Pt. The maximum Gasteiger partial charge on any atom is 0.0689 e. The molecule has 0 spiro atoms. The van der Waals surface area contributed by atoms with Crippen molar-refractivity contribution in [1.82, 2.24) is 0 Å². The quantitative estimate of drug-likeness (QED) is 0.224. The fourth-order valence-corrected chi connectivity index (χ4v) is 1.19. The van der Waals surface area contributed by atoms with Gasteiger partial charge in [-0.05, 0) is 12.8 Å². The molecule has 122 valence electrons. The minimum Gasteiger partial charge on any atom is -0.457 e. The van der Waals surface area contributed by atoms with Crippen molar-refractivity contribution in [3.05, 3.63) is 30.6 Å². The molecule has 19 heavy (non-hydrogen) atoms. The SMILES string of the molecule is NC1CCCCC1N.O=[N+]([O-])[O-].O=[N+]([O-])[O-].[OH3+].[OH3+].[Pt]. The molecule has 1 saturated carbocycles. The van der Waals surface area contributed by atoms with Gasteiger partial charge in [0.25, 0.3) is 0 Å². The van der Waals surface area contributed by atoms with Crippen LogP contribution in [0.25, 0.3) is 0 Å². The minimum absolute atomic E-state index is 0. The van der Waals surface area contributed by atoms with Crippen LogP contribution in [0, 0.1) is 30.6 Å². The first-order chi connectivity index (χ1) is 7.27. The molecule has 1 aliphatic carbocycles. The summed E-state index contributed by atoms with van der Waals surface area (Å²) in [6.45, 7) is 0. The van der Waals surface area contributed by atoms with Gasteiger partial charge in [-0.15, -0.1) is 0 Å². The number of hydrogen-bond donors (Lipinski definition) is 2. The first-order valence-electron chi connectivity index (χ1n) is 4.41. The van der Waals surface area contributed by atoms with Crippen LogP contribution in [0.5, 0.6) is 0 Å². The van der Waals surface area contributed by atoms with E-state index in [1.807, 2.05) is 0 Å². The van der Waals surface area contributed by atoms with Gasteiger partial charge >= 0.3 is 0 Å².